The minimum atomic E-state index is -4.96. The van der Waals surface area contributed by atoms with Gasteiger partial charge in [-0.1, -0.05) is 375 Å². The van der Waals surface area contributed by atoms with E-state index >= 15 is 0 Å². The molecule has 0 saturated heterocycles. The summed E-state index contributed by atoms with van der Waals surface area (Å²) >= 11 is 0. The van der Waals surface area contributed by atoms with Gasteiger partial charge in [0.15, 0.2) is 12.2 Å². The average molecular weight is 1470 g/mol. The molecule has 0 aliphatic carbocycles. The monoisotopic (exact) mass is 1470 g/mol. The largest absolute Gasteiger partial charge is 0.472 e. The van der Waals surface area contributed by atoms with E-state index in [9.17, 15) is 43.2 Å². The van der Waals surface area contributed by atoms with Crippen LogP contribution in [0.4, 0.5) is 0 Å². The lowest BCUT2D eigenvalue weighted by molar-refractivity contribution is -0.161. The van der Waals surface area contributed by atoms with Gasteiger partial charge in [-0.15, -0.1) is 0 Å². The van der Waals surface area contributed by atoms with Crippen LogP contribution in [0.25, 0.3) is 0 Å². The number of ether oxygens (including phenoxy) is 4. The molecule has 0 aliphatic heterocycles. The van der Waals surface area contributed by atoms with Crippen molar-refractivity contribution < 1.29 is 80.2 Å². The van der Waals surface area contributed by atoms with E-state index in [0.717, 1.165) is 102 Å². The number of aliphatic hydroxyl groups is 1. The van der Waals surface area contributed by atoms with E-state index in [0.29, 0.717) is 25.7 Å². The number of hydrogen-bond donors (Lipinski definition) is 3. The molecule has 0 bridgehead atoms. The second kappa shape index (κ2) is 72.6. The van der Waals surface area contributed by atoms with Crippen LogP contribution < -0.4 is 0 Å². The molecule has 17 nitrogen and oxygen atoms in total. The summed E-state index contributed by atoms with van der Waals surface area (Å²) < 4.78 is 68.7. The van der Waals surface area contributed by atoms with E-state index in [-0.39, 0.29) is 25.7 Å². The Balaban J connectivity index is 5.23. The lowest BCUT2D eigenvalue weighted by Crippen LogP contribution is -2.30. The Kier molecular flexibility index (Phi) is 71.2. The van der Waals surface area contributed by atoms with Crippen molar-refractivity contribution in [3.05, 3.63) is 0 Å². The smallest absolute Gasteiger partial charge is 0.462 e. The second-order valence-electron chi connectivity index (χ2n) is 30.1. The maximum Gasteiger partial charge on any atom is 0.472 e. The van der Waals surface area contributed by atoms with Crippen molar-refractivity contribution in [3.8, 4) is 0 Å². The number of carbonyl (C=O) groups excluding carboxylic acids is 4. The summed E-state index contributed by atoms with van der Waals surface area (Å²) in [6, 6.07) is 0. The first-order valence-corrected chi connectivity index (χ1v) is 45.0. The molecule has 0 rings (SSSR count). The molecule has 0 amide bonds. The fourth-order valence-corrected chi connectivity index (χ4v) is 14.1. The average Bonchev–Trinajstić information content (AvgIpc) is 0.929. The highest BCUT2D eigenvalue weighted by molar-refractivity contribution is 7.47. The van der Waals surface area contributed by atoms with Gasteiger partial charge in [-0.05, 0) is 37.5 Å². The second-order valence-corrected chi connectivity index (χ2v) is 33.0. The van der Waals surface area contributed by atoms with Crippen LogP contribution in [0.15, 0.2) is 0 Å². The van der Waals surface area contributed by atoms with Crippen LogP contribution in [0.5, 0.6) is 0 Å². The molecule has 0 radical (unpaired) electrons. The molecule has 0 aliphatic rings. The first-order chi connectivity index (χ1) is 48.4. The van der Waals surface area contributed by atoms with Crippen molar-refractivity contribution in [3.63, 3.8) is 0 Å². The van der Waals surface area contributed by atoms with Crippen molar-refractivity contribution in [1.29, 1.82) is 0 Å². The molecular weight excluding hydrogens is 1310 g/mol. The van der Waals surface area contributed by atoms with Gasteiger partial charge in [0.25, 0.3) is 0 Å². The topological polar surface area (TPSA) is 237 Å². The van der Waals surface area contributed by atoms with Crippen LogP contribution in [0, 0.1) is 11.8 Å². The Morgan fingerprint density at radius 2 is 0.460 bits per heavy atom. The SMILES string of the molecule is CCCCCCCCCCCCCCCCCCCCCCC(=O)O[C@H](COC(=O)CCCCCCCCCCCCCCC(C)C)COP(=O)(O)OC[C@@H](O)COP(=O)(O)OC[C@@H](COC(=O)CCCCCCCCCCCC)OC(=O)CCCCCCCCCCCCCCC(C)C. The molecule has 0 fully saturated rings. The fraction of sp³-hybridized carbons (Fsp3) is 0.951. The number of carbonyl (C=O) groups is 4. The summed E-state index contributed by atoms with van der Waals surface area (Å²) in [7, 11) is -9.92. The molecule has 3 N–H and O–H groups in total. The molecule has 0 heterocycles. The normalized spacial score (nSPS) is 13.9. The highest BCUT2D eigenvalue weighted by atomic mass is 31.2. The molecule has 594 valence electrons. The van der Waals surface area contributed by atoms with Gasteiger partial charge < -0.3 is 33.8 Å². The maximum atomic E-state index is 13.1. The Hall–Kier alpha value is -1.94. The summed E-state index contributed by atoms with van der Waals surface area (Å²) in [6.45, 7) is 9.65. The molecule has 0 aromatic heterocycles. The van der Waals surface area contributed by atoms with Gasteiger partial charge in [0.05, 0.1) is 26.4 Å². The Bertz CT molecular complexity index is 1920. The van der Waals surface area contributed by atoms with Crippen LogP contribution in [0.1, 0.15) is 427 Å². The zero-order valence-corrected chi connectivity index (χ0v) is 67.3. The van der Waals surface area contributed by atoms with Gasteiger partial charge in [-0.25, -0.2) is 9.13 Å². The lowest BCUT2D eigenvalue weighted by atomic mass is 10.0. The van der Waals surface area contributed by atoms with E-state index in [1.807, 2.05) is 0 Å². The highest BCUT2D eigenvalue weighted by Gasteiger charge is 2.30. The van der Waals surface area contributed by atoms with E-state index in [2.05, 4.69) is 41.5 Å². The van der Waals surface area contributed by atoms with E-state index < -0.39 is 97.5 Å². The number of aliphatic hydroxyl groups excluding tert-OH is 1. The number of hydrogen-bond acceptors (Lipinski definition) is 15. The first-order valence-electron chi connectivity index (χ1n) is 42.0. The molecule has 5 atom stereocenters. The third-order valence-corrected chi connectivity index (χ3v) is 20.9. The third kappa shape index (κ3) is 74.3. The van der Waals surface area contributed by atoms with Gasteiger partial charge in [-0.3, -0.25) is 37.3 Å². The molecular formula is C81H158O17P2. The van der Waals surface area contributed by atoms with Crippen molar-refractivity contribution in [2.45, 2.75) is 445 Å². The quantitative estimate of drug-likeness (QED) is 0.0222. The molecule has 100 heavy (non-hydrogen) atoms. The molecule has 0 spiro atoms. The predicted octanol–water partition coefficient (Wildman–Crippen LogP) is 24.3. The minimum Gasteiger partial charge on any atom is -0.462 e. The van der Waals surface area contributed by atoms with Crippen molar-refractivity contribution in [2.75, 3.05) is 39.6 Å². The number of phosphoric ester groups is 2. The van der Waals surface area contributed by atoms with E-state index in [4.69, 9.17) is 37.0 Å². The first kappa shape index (κ1) is 98.1. The Morgan fingerprint density at radius 1 is 0.270 bits per heavy atom. The van der Waals surface area contributed by atoms with Gasteiger partial charge >= 0.3 is 39.5 Å². The van der Waals surface area contributed by atoms with Crippen LogP contribution >= 0.6 is 15.6 Å². The van der Waals surface area contributed by atoms with Crippen LogP contribution in [-0.2, 0) is 65.4 Å². The van der Waals surface area contributed by atoms with Gasteiger partial charge in [0, 0.05) is 25.7 Å². The zero-order valence-electron chi connectivity index (χ0n) is 65.5. The number of esters is 4. The summed E-state index contributed by atoms with van der Waals surface area (Å²) in [5.41, 5.74) is 0. The summed E-state index contributed by atoms with van der Waals surface area (Å²) in [4.78, 5) is 73.0. The van der Waals surface area contributed by atoms with Gasteiger partial charge in [0.1, 0.15) is 19.3 Å². The number of rotatable bonds is 80. The van der Waals surface area contributed by atoms with E-state index in [1.165, 1.54) is 244 Å². The Morgan fingerprint density at radius 3 is 0.680 bits per heavy atom. The molecule has 2 unspecified atom stereocenters. The Labute approximate surface area is 613 Å². The van der Waals surface area contributed by atoms with Crippen molar-refractivity contribution >= 4 is 39.5 Å². The zero-order chi connectivity index (χ0) is 73.5. The predicted molar refractivity (Wildman–Crippen MR) is 409 cm³/mol. The molecule has 19 heteroatoms. The maximum absolute atomic E-state index is 13.1. The van der Waals surface area contributed by atoms with Crippen molar-refractivity contribution in [2.24, 2.45) is 11.8 Å². The van der Waals surface area contributed by atoms with Crippen LogP contribution in [0.3, 0.4) is 0 Å². The van der Waals surface area contributed by atoms with Crippen molar-refractivity contribution in [1.82, 2.24) is 0 Å². The highest BCUT2D eigenvalue weighted by Crippen LogP contribution is 2.45. The molecule has 0 saturated carbocycles. The summed E-state index contributed by atoms with van der Waals surface area (Å²) in [5.74, 6) is -0.550. The van der Waals surface area contributed by atoms with Crippen LogP contribution in [0.2, 0.25) is 0 Å². The third-order valence-electron chi connectivity index (χ3n) is 19.0. The molecule has 0 aromatic carbocycles. The lowest BCUT2D eigenvalue weighted by Gasteiger charge is -2.21. The van der Waals surface area contributed by atoms with Crippen LogP contribution in [-0.4, -0.2) is 96.7 Å². The minimum absolute atomic E-state index is 0.107. The summed E-state index contributed by atoms with van der Waals surface area (Å²) in [5, 5.41) is 10.6. The number of unbranched alkanes of at least 4 members (excludes halogenated alkanes) is 50. The summed E-state index contributed by atoms with van der Waals surface area (Å²) in [6.07, 6.45) is 62.4. The van der Waals surface area contributed by atoms with E-state index in [1.54, 1.807) is 0 Å². The number of phosphoric acid groups is 2. The fourth-order valence-electron chi connectivity index (χ4n) is 12.5. The molecule has 0 aromatic rings. The van der Waals surface area contributed by atoms with Gasteiger partial charge in [-0.2, -0.15) is 0 Å². The van der Waals surface area contributed by atoms with Gasteiger partial charge in [0.2, 0.25) is 0 Å². The standard InChI is InChI=1S/C81H158O17P2/c1-7-9-11-13-15-17-19-20-21-22-23-24-25-26-27-35-41-47-53-59-65-80(85)98-77(70-92-79(84)64-58-52-46-40-34-30-28-32-37-43-49-55-61-73(3)4)72-96-100(89,90)94-68-75(82)67-93-99(87,88)95-71-76(69-91-78(83)63-57-51-45-39-18-16-14-12-10-8-2)97-81(86)66-60-54-48-42-36-31-29-33-38-44-50-56-62-74(5)6/h73-77,82H,7-72H2,1-6H3,(H,87,88)(H,89,90)/t75-,76+,77+/m0/s1.